The molecule has 0 aromatic rings. The molecule has 1 aliphatic carbocycles. The van der Waals surface area contributed by atoms with Crippen LogP contribution < -0.4 is 0 Å². The number of phosphoric ester groups is 1. The highest BCUT2D eigenvalue weighted by molar-refractivity contribution is 7.47. The summed E-state index contributed by atoms with van der Waals surface area (Å²) in [6, 6.07) is 0. The molecule has 0 saturated heterocycles. The van der Waals surface area contributed by atoms with Gasteiger partial charge in [0.15, 0.2) is 6.10 Å². The number of hydrogen-bond acceptors (Lipinski definition) is 13. The minimum absolute atomic E-state index is 0.00362. The molecule has 15 heteroatoms. The van der Waals surface area contributed by atoms with Crippen molar-refractivity contribution < 1.29 is 68.2 Å². The lowest BCUT2D eigenvalue weighted by Gasteiger charge is -2.41. The lowest BCUT2D eigenvalue weighted by atomic mass is 9.85. The van der Waals surface area contributed by atoms with E-state index in [1.165, 1.54) is 57.8 Å². The number of rotatable bonds is 35. The van der Waals surface area contributed by atoms with E-state index in [1.807, 2.05) is 43.4 Å². The fraction of sp³-hybridized carbons (Fsp3) is 0.733. The maximum atomic E-state index is 12.8. The molecule has 0 amide bonds. The quantitative estimate of drug-likeness (QED) is 0.0110. The van der Waals surface area contributed by atoms with Crippen LogP contribution in [-0.2, 0) is 32.7 Å². The van der Waals surface area contributed by atoms with Crippen LogP contribution in [0.1, 0.15) is 149 Å². The standard InChI is InChI=1S/C45H77O14P/c1-3-5-6-7-8-9-10-13-17-20-23-26-29-32-38(47)56-34-37(35-57-60(54,55)59-45-43(52)41(50)40(49)42(51)44(45)53)58-39(48)33-30-27-24-21-18-15-12-11-14-16-19-22-25-28-31-36(46)4-2/h12,14-16,21-22,24-25,28,31,36-37,40-46,49-53H,3-11,13,17-20,23,26-27,29-30,32-35H2,1-2H3,(H,54,55). The zero-order valence-electron chi connectivity index (χ0n) is 36.1. The minimum Gasteiger partial charge on any atom is -0.462 e. The van der Waals surface area contributed by atoms with Crippen molar-refractivity contribution in [3.05, 3.63) is 60.8 Å². The number of ether oxygens (including phenoxy) is 2. The van der Waals surface area contributed by atoms with E-state index in [0.29, 0.717) is 25.7 Å². The molecule has 7 unspecified atom stereocenters. The lowest BCUT2D eigenvalue weighted by molar-refractivity contribution is -0.220. The maximum absolute atomic E-state index is 12.8. The summed E-state index contributed by atoms with van der Waals surface area (Å²) >= 11 is 0. The molecule has 0 aromatic heterocycles. The molecule has 0 aromatic carbocycles. The molecular weight excluding hydrogens is 795 g/mol. The van der Waals surface area contributed by atoms with Crippen molar-refractivity contribution in [2.45, 2.75) is 198 Å². The van der Waals surface area contributed by atoms with Gasteiger partial charge in [-0.3, -0.25) is 18.6 Å². The van der Waals surface area contributed by atoms with Gasteiger partial charge in [-0.05, 0) is 44.9 Å². The molecule has 14 nitrogen and oxygen atoms in total. The van der Waals surface area contributed by atoms with Crippen LogP contribution in [0.5, 0.6) is 0 Å². The lowest BCUT2D eigenvalue weighted by Crippen LogP contribution is -2.64. The van der Waals surface area contributed by atoms with Gasteiger partial charge in [0, 0.05) is 12.8 Å². The molecule has 7 atom stereocenters. The molecule has 0 spiro atoms. The molecule has 0 heterocycles. The van der Waals surface area contributed by atoms with Crippen LogP contribution in [0.25, 0.3) is 0 Å². The zero-order chi connectivity index (χ0) is 44.4. The van der Waals surface area contributed by atoms with Crippen LogP contribution in [0.2, 0.25) is 0 Å². The van der Waals surface area contributed by atoms with E-state index in [0.717, 1.165) is 38.5 Å². The van der Waals surface area contributed by atoms with Crippen molar-refractivity contribution in [3.8, 4) is 0 Å². The average molecular weight is 873 g/mol. The van der Waals surface area contributed by atoms with Gasteiger partial charge < -0.3 is 45.0 Å². The zero-order valence-corrected chi connectivity index (χ0v) is 37.0. The van der Waals surface area contributed by atoms with Gasteiger partial charge in [-0.2, -0.15) is 0 Å². The van der Waals surface area contributed by atoms with E-state index in [2.05, 4.69) is 25.2 Å². The van der Waals surface area contributed by atoms with Crippen LogP contribution in [0, 0.1) is 0 Å². The monoisotopic (exact) mass is 873 g/mol. The normalized spacial score (nSPS) is 23.3. The van der Waals surface area contributed by atoms with Crippen molar-refractivity contribution in [1.29, 1.82) is 0 Å². The third-order valence-corrected chi connectivity index (χ3v) is 11.0. The first kappa shape index (κ1) is 55.5. The number of hydrogen-bond donors (Lipinski definition) is 7. The molecule has 1 rings (SSSR count). The third-order valence-electron chi connectivity index (χ3n) is 10.0. The number of esters is 2. The second kappa shape index (κ2) is 35.0. The van der Waals surface area contributed by atoms with Gasteiger partial charge >= 0.3 is 19.8 Å². The molecule has 60 heavy (non-hydrogen) atoms. The van der Waals surface area contributed by atoms with Crippen molar-refractivity contribution in [2.75, 3.05) is 13.2 Å². The first-order chi connectivity index (χ1) is 28.8. The number of allylic oxidation sites excluding steroid dienone is 9. The van der Waals surface area contributed by atoms with Crippen molar-refractivity contribution in [3.63, 3.8) is 0 Å². The SMILES string of the molecule is CCCCCCCCCCCCCCCC(=O)OCC(COP(=O)(O)OC1C(O)C(O)C(O)C(O)C1O)OC(=O)CCCC=CCC=CCC=CCC=CC=CC(O)CC. The van der Waals surface area contributed by atoms with E-state index in [1.54, 1.807) is 6.08 Å². The largest absolute Gasteiger partial charge is 0.472 e. The molecule has 1 aliphatic rings. The van der Waals surface area contributed by atoms with Gasteiger partial charge in [0.2, 0.25) is 0 Å². The van der Waals surface area contributed by atoms with Crippen LogP contribution in [0.3, 0.4) is 0 Å². The molecule has 7 N–H and O–H groups in total. The molecule has 1 saturated carbocycles. The van der Waals surface area contributed by atoms with Gasteiger partial charge in [0.1, 0.15) is 43.2 Å². The topological polar surface area (TPSA) is 230 Å². The Hall–Kier alpha value is -2.49. The maximum Gasteiger partial charge on any atom is 0.472 e. The number of carbonyl (C=O) groups excluding carboxylic acids is 2. The van der Waals surface area contributed by atoms with E-state index in [4.69, 9.17) is 18.5 Å². The van der Waals surface area contributed by atoms with Gasteiger partial charge in [0.05, 0.1) is 12.7 Å². The highest BCUT2D eigenvalue weighted by Crippen LogP contribution is 2.47. The molecule has 0 radical (unpaired) electrons. The minimum atomic E-state index is -5.14. The molecular formula is C45H77O14P. The summed E-state index contributed by atoms with van der Waals surface area (Å²) in [7, 11) is -5.14. The summed E-state index contributed by atoms with van der Waals surface area (Å²) in [6.45, 7) is 2.90. The van der Waals surface area contributed by atoms with Gasteiger partial charge in [-0.15, -0.1) is 0 Å². The molecule has 1 fully saturated rings. The van der Waals surface area contributed by atoms with Crippen molar-refractivity contribution >= 4 is 19.8 Å². The predicted octanol–water partition coefficient (Wildman–Crippen LogP) is 7.14. The van der Waals surface area contributed by atoms with Gasteiger partial charge in [-0.25, -0.2) is 4.57 Å². The number of aliphatic hydroxyl groups excluding tert-OH is 6. The number of carbonyl (C=O) groups is 2. The van der Waals surface area contributed by atoms with Crippen LogP contribution >= 0.6 is 7.82 Å². The highest BCUT2D eigenvalue weighted by atomic mass is 31.2. The fourth-order valence-electron chi connectivity index (χ4n) is 6.27. The Morgan fingerprint density at radius 1 is 0.600 bits per heavy atom. The predicted molar refractivity (Wildman–Crippen MR) is 232 cm³/mol. The smallest absolute Gasteiger partial charge is 0.462 e. The summed E-state index contributed by atoms with van der Waals surface area (Å²) < 4.78 is 33.4. The van der Waals surface area contributed by atoms with Crippen molar-refractivity contribution in [1.82, 2.24) is 0 Å². The summed E-state index contributed by atoms with van der Waals surface area (Å²) in [6.07, 6.45) is 25.2. The Morgan fingerprint density at radius 2 is 1.08 bits per heavy atom. The van der Waals surface area contributed by atoms with E-state index >= 15 is 0 Å². The Balaban J connectivity index is 2.54. The van der Waals surface area contributed by atoms with Crippen LogP contribution in [0.15, 0.2) is 60.8 Å². The number of unbranched alkanes of at least 4 members (excludes halogenated alkanes) is 13. The summed E-state index contributed by atoms with van der Waals surface area (Å²) in [5, 5.41) is 59.6. The van der Waals surface area contributed by atoms with Gasteiger partial charge in [-0.1, -0.05) is 152 Å². The Morgan fingerprint density at radius 3 is 1.63 bits per heavy atom. The second-order valence-corrected chi connectivity index (χ2v) is 16.8. The average Bonchev–Trinajstić information content (AvgIpc) is 3.23. The Labute approximate surface area is 358 Å². The van der Waals surface area contributed by atoms with E-state index < -0.39 is 81.8 Å². The molecule has 0 aliphatic heterocycles. The van der Waals surface area contributed by atoms with E-state index in [9.17, 15) is 49.7 Å². The third kappa shape index (κ3) is 27.5. The molecule has 0 bridgehead atoms. The van der Waals surface area contributed by atoms with Gasteiger partial charge in [0.25, 0.3) is 0 Å². The summed E-state index contributed by atoms with van der Waals surface area (Å²) in [5.74, 6) is -1.19. The first-order valence-corrected chi connectivity index (χ1v) is 23.7. The summed E-state index contributed by atoms with van der Waals surface area (Å²) in [5.41, 5.74) is 0. The number of phosphoric acid groups is 1. The van der Waals surface area contributed by atoms with Crippen LogP contribution in [0.4, 0.5) is 0 Å². The molecule has 346 valence electrons. The number of aliphatic hydroxyl groups is 6. The fourth-order valence-corrected chi connectivity index (χ4v) is 7.25. The Bertz CT molecular complexity index is 1300. The second-order valence-electron chi connectivity index (χ2n) is 15.4. The summed E-state index contributed by atoms with van der Waals surface area (Å²) in [4.78, 5) is 35.6. The van der Waals surface area contributed by atoms with E-state index in [-0.39, 0.29) is 12.8 Å². The first-order valence-electron chi connectivity index (χ1n) is 22.2. The van der Waals surface area contributed by atoms with Crippen molar-refractivity contribution in [2.24, 2.45) is 0 Å². The van der Waals surface area contributed by atoms with Crippen LogP contribution in [-0.4, -0.2) is 110 Å². The Kier molecular flexibility index (Phi) is 32.4. The highest BCUT2D eigenvalue weighted by Gasteiger charge is 2.51.